The van der Waals surface area contributed by atoms with E-state index in [1.807, 2.05) is 6.92 Å². The van der Waals surface area contributed by atoms with Crippen molar-refractivity contribution in [2.75, 3.05) is 0 Å². The molecule has 1 atom stereocenters. The zero-order valence-corrected chi connectivity index (χ0v) is 9.09. The zero-order valence-electron chi connectivity index (χ0n) is 8.34. The van der Waals surface area contributed by atoms with Crippen LogP contribution in [-0.4, -0.2) is 11.1 Å². The van der Waals surface area contributed by atoms with Gasteiger partial charge in [0.15, 0.2) is 0 Å². The molecule has 0 aliphatic rings. The maximum atomic E-state index is 12.7. The fourth-order valence-corrected chi connectivity index (χ4v) is 1.68. The zero-order chi connectivity index (χ0) is 11.4. The maximum absolute atomic E-state index is 12.7. The molecular formula is C11H12ClFO2. The lowest BCUT2D eigenvalue weighted by molar-refractivity contribution is -0.137. The Bertz CT molecular complexity index is 366. The van der Waals surface area contributed by atoms with Crippen molar-refractivity contribution in [3.05, 3.63) is 34.6 Å². The van der Waals surface area contributed by atoms with Crippen molar-refractivity contribution in [3.8, 4) is 0 Å². The summed E-state index contributed by atoms with van der Waals surface area (Å²) in [6.07, 6.45) is 0.638. The third-order valence-electron chi connectivity index (χ3n) is 2.11. The molecule has 4 heteroatoms. The number of hydrogen-bond donors (Lipinski definition) is 1. The molecule has 1 aromatic rings. The van der Waals surface area contributed by atoms with Gasteiger partial charge in [-0.3, -0.25) is 4.79 Å². The predicted molar refractivity (Wildman–Crippen MR) is 56.5 cm³/mol. The Kier molecular flexibility index (Phi) is 4.09. The number of rotatable bonds is 4. The summed E-state index contributed by atoms with van der Waals surface area (Å²) < 4.78 is 12.7. The number of carboxylic acid groups (broad SMARTS) is 1. The maximum Gasteiger partial charge on any atom is 0.303 e. The Morgan fingerprint density at radius 1 is 1.60 bits per heavy atom. The van der Waals surface area contributed by atoms with Crippen LogP contribution in [-0.2, 0) is 11.2 Å². The second kappa shape index (κ2) is 5.12. The van der Waals surface area contributed by atoms with Gasteiger partial charge in [-0.1, -0.05) is 24.6 Å². The van der Waals surface area contributed by atoms with Crippen molar-refractivity contribution < 1.29 is 14.3 Å². The summed E-state index contributed by atoms with van der Waals surface area (Å²) in [6, 6.07) is 4.16. The highest BCUT2D eigenvalue weighted by Crippen LogP contribution is 2.21. The molecule has 0 amide bonds. The van der Waals surface area contributed by atoms with Gasteiger partial charge in [0.05, 0.1) is 0 Å². The van der Waals surface area contributed by atoms with Gasteiger partial charge in [-0.05, 0) is 30.0 Å². The molecule has 0 aliphatic heterocycles. The number of carbonyl (C=O) groups is 1. The predicted octanol–water partition coefficient (Wildman–Crippen LogP) is 3.13. The number of carboxylic acids is 1. The van der Waals surface area contributed by atoms with Gasteiger partial charge in [-0.15, -0.1) is 0 Å². The molecule has 0 aromatic heterocycles. The number of benzene rings is 1. The van der Waals surface area contributed by atoms with Crippen LogP contribution in [0.25, 0.3) is 0 Å². The molecule has 0 fully saturated rings. The highest BCUT2D eigenvalue weighted by molar-refractivity contribution is 6.31. The molecule has 1 unspecified atom stereocenters. The van der Waals surface area contributed by atoms with Crippen molar-refractivity contribution in [2.45, 2.75) is 19.8 Å². The Hall–Kier alpha value is -1.09. The molecule has 0 radical (unpaired) electrons. The lowest BCUT2D eigenvalue weighted by Gasteiger charge is -2.09. The molecule has 1 N–H and O–H groups in total. The van der Waals surface area contributed by atoms with Gasteiger partial charge in [0.25, 0.3) is 0 Å². The fraction of sp³-hybridized carbons (Fsp3) is 0.364. The molecule has 15 heavy (non-hydrogen) atoms. The van der Waals surface area contributed by atoms with Crippen molar-refractivity contribution in [1.29, 1.82) is 0 Å². The van der Waals surface area contributed by atoms with Gasteiger partial charge in [0.1, 0.15) is 5.82 Å². The van der Waals surface area contributed by atoms with Crippen LogP contribution in [0.2, 0.25) is 5.02 Å². The van der Waals surface area contributed by atoms with E-state index in [4.69, 9.17) is 16.7 Å². The van der Waals surface area contributed by atoms with Crippen LogP contribution in [0.1, 0.15) is 18.9 Å². The van der Waals surface area contributed by atoms with E-state index in [-0.39, 0.29) is 18.2 Å². The summed E-state index contributed by atoms with van der Waals surface area (Å²) in [5, 5.41) is 8.94. The van der Waals surface area contributed by atoms with Crippen LogP contribution in [0.15, 0.2) is 18.2 Å². The summed E-state index contributed by atoms with van der Waals surface area (Å²) in [7, 11) is 0. The highest BCUT2D eigenvalue weighted by atomic mass is 35.5. The first kappa shape index (κ1) is 12.0. The smallest absolute Gasteiger partial charge is 0.303 e. The van der Waals surface area contributed by atoms with Crippen molar-refractivity contribution in [1.82, 2.24) is 0 Å². The van der Waals surface area contributed by atoms with Crippen LogP contribution in [0.5, 0.6) is 0 Å². The third-order valence-corrected chi connectivity index (χ3v) is 2.46. The van der Waals surface area contributed by atoms with Gasteiger partial charge < -0.3 is 5.11 Å². The van der Waals surface area contributed by atoms with Crippen molar-refractivity contribution in [3.63, 3.8) is 0 Å². The summed E-state index contributed by atoms with van der Waals surface area (Å²) in [5.74, 6) is -1.22. The summed E-state index contributed by atoms with van der Waals surface area (Å²) >= 11 is 5.82. The van der Waals surface area contributed by atoms with E-state index in [0.717, 1.165) is 5.56 Å². The quantitative estimate of drug-likeness (QED) is 0.863. The molecule has 0 spiro atoms. The van der Waals surface area contributed by atoms with Gasteiger partial charge in [-0.2, -0.15) is 0 Å². The van der Waals surface area contributed by atoms with Crippen molar-refractivity contribution >= 4 is 17.6 Å². The minimum Gasteiger partial charge on any atom is -0.481 e. The molecule has 0 bridgehead atoms. The van der Waals surface area contributed by atoms with E-state index in [1.54, 1.807) is 6.07 Å². The molecular weight excluding hydrogens is 219 g/mol. The lowest BCUT2D eigenvalue weighted by atomic mass is 9.98. The second-order valence-electron chi connectivity index (χ2n) is 3.64. The minimum absolute atomic E-state index is 0.00883. The fourth-order valence-electron chi connectivity index (χ4n) is 1.43. The normalized spacial score (nSPS) is 12.5. The molecule has 0 saturated heterocycles. The van der Waals surface area contributed by atoms with Crippen LogP contribution in [0.3, 0.4) is 0 Å². The lowest BCUT2D eigenvalue weighted by Crippen LogP contribution is -2.07. The van der Waals surface area contributed by atoms with Gasteiger partial charge in [0.2, 0.25) is 0 Å². The topological polar surface area (TPSA) is 37.3 Å². The van der Waals surface area contributed by atoms with E-state index in [0.29, 0.717) is 11.4 Å². The standard InChI is InChI=1S/C11H12ClFO2/c1-7(5-11(14)15)4-8-2-3-9(13)6-10(8)12/h2-3,6-7H,4-5H2,1H3,(H,14,15). The summed E-state index contributed by atoms with van der Waals surface area (Å²) in [4.78, 5) is 10.4. The van der Waals surface area contributed by atoms with E-state index >= 15 is 0 Å². The Morgan fingerprint density at radius 2 is 2.27 bits per heavy atom. The minimum atomic E-state index is -0.833. The monoisotopic (exact) mass is 230 g/mol. The van der Waals surface area contributed by atoms with Gasteiger partial charge in [-0.25, -0.2) is 4.39 Å². The molecule has 0 saturated carbocycles. The van der Waals surface area contributed by atoms with E-state index in [9.17, 15) is 9.18 Å². The van der Waals surface area contributed by atoms with E-state index in [2.05, 4.69) is 0 Å². The largest absolute Gasteiger partial charge is 0.481 e. The average molecular weight is 231 g/mol. The molecule has 0 aliphatic carbocycles. The molecule has 2 nitrogen and oxygen atoms in total. The van der Waals surface area contributed by atoms with Crippen LogP contribution < -0.4 is 0 Å². The SMILES string of the molecule is CC(CC(=O)O)Cc1ccc(F)cc1Cl. The third kappa shape index (κ3) is 3.88. The highest BCUT2D eigenvalue weighted by Gasteiger charge is 2.10. The van der Waals surface area contributed by atoms with E-state index < -0.39 is 5.97 Å². The molecule has 1 rings (SSSR count). The Morgan fingerprint density at radius 3 is 2.80 bits per heavy atom. The Balaban J connectivity index is 2.68. The number of hydrogen-bond acceptors (Lipinski definition) is 1. The van der Waals surface area contributed by atoms with Gasteiger partial charge >= 0.3 is 5.97 Å². The first-order valence-corrected chi connectivity index (χ1v) is 5.02. The Labute approximate surface area is 92.7 Å². The number of aliphatic carboxylic acids is 1. The van der Waals surface area contributed by atoms with Crippen molar-refractivity contribution in [2.24, 2.45) is 5.92 Å². The average Bonchev–Trinajstić information content (AvgIpc) is 2.08. The summed E-state index contributed by atoms with van der Waals surface area (Å²) in [6.45, 7) is 1.83. The molecule has 0 heterocycles. The number of halogens is 2. The van der Waals surface area contributed by atoms with E-state index in [1.165, 1.54) is 12.1 Å². The van der Waals surface area contributed by atoms with Crippen LogP contribution in [0.4, 0.5) is 4.39 Å². The summed E-state index contributed by atoms with van der Waals surface area (Å²) in [5.41, 5.74) is 0.784. The molecule has 82 valence electrons. The first-order chi connectivity index (χ1) is 6.99. The van der Waals surface area contributed by atoms with Crippen LogP contribution >= 0.6 is 11.6 Å². The van der Waals surface area contributed by atoms with Gasteiger partial charge in [0, 0.05) is 11.4 Å². The second-order valence-corrected chi connectivity index (χ2v) is 4.05. The first-order valence-electron chi connectivity index (χ1n) is 4.64. The van der Waals surface area contributed by atoms with Crippen LogP contribution in [0, 0.1) is 11.7 Å². The molecule has 1 aromatic carbocycles.